The molecule has 0 amide bonds. The summed E-state index contributed by atoms with van der Waals surface area (Å²) in [5, 5.41) is 20.7. The first-order valence-corrected chi connectivity index (χ1v) is 19.4. The number of benzene rings is 2. The zero-order valence-electron chi connectivity index (χ0n) is 31.9. The van der Waals surface area contributed by atoms with Crippen LogP contribution in [-0.4, -0.2) is 65.1 Å². The van der Waals surface area contributed by atoms with Crippen LogP contribution in [0.15, 0.2) is 76.5 Å². The van der Waals surface area contributed by atoms with Crippen LogP contribution in [0.2, 0.25) is 0 Å². The Kier molecular flexibility index (Phi) is 9.25. The largest absolute Gasteiger partial charge is 0.457 e. The summed E-state index contributed by atoms with van der Waals surface area (Å²) in [4.78, 5) is 52.9. The van der Waals surface area contributed by atoms with E-state index in [2.05, 4.69) is 23.2 Å². The Morgan fingerprint density at radius 3 is 2.64 bits per heavy atom. The van der Waals surface area contributed by atoms with E-state index in [1.807, 2.05) is 19.9 Å². The Labute approximate surface area is 320 Å². The number of carbonyl (C=O) groups excluding carboxylic acids is 4. The summed E-state index contributed by atoms with van der Waals surface area (Å²) in [6.45, 7) is 8.98. The molecular weight excluding hydrogens is 704 g/mol. The zero-order chi connectivity index (χ0) is 38.9. The topological polar surface area (TPSA) is 159 Å². The first kappa shape index (κ1) is 37.4. The predicted octanol–water partition coefficient (Wildman–Crippen LogP) is 7.21. The Balaban J connectivity index is 0.991. The molecule has 12 nitrogen and oxygen atoms in total. The van der Waals surface area contributed by atoms with Crippen molar-refractivity contribution in [2.75, 3.05) is 6.61 Å². The highest BCUT2D eigenvalue weighted by atomic mass is 16.7. The van der Waals surface area contributed by atoms with Crippen LogP contribution < -0.4 is 4.74 Å². The van der Waals surface area contributed by atoms with Gasteiger partial charge in [-0.1, -0.05) is 63.1 Å². The number of rotatable bonds is 9. The molecule has 2 aromatic rings. The van der Waals surface area contributed by atoms with Gasteiger partial charge in [-0.15, -0.1) is 0 Å². The molecular formula is C43H48N2O10. The quantitative estimate of drug-likeness (QED) is 0.158. The first-order valence-electron chi connectivity index (χ1n) is 19.4. The van der Waals surface area contributed by atoms with E-state index in [9.17, 15) is 24.3 Å². The molecule has 8 rings (SSSR count). The van der Waals surface area contributed by atoms with Crippen LogP contribution in [0.25, 0.3) is 0 Å². The van der Waals surface area contributed by atoms with Gasteiger partial charge in [0, 0.05) is 37.0 Å². The molecule has 290 valence electrons. The lowest BCUT2D eigenvalue weighted by atomic mass is 9.47. The molecule has 1 N–H and O–H groups in total. The number of carbonyl (C=O) groups is 4. The van der Waals surface area contributed by atoms with Gasteiger partial charge in [0.2, 0.25) is 11.6 Å². The molecule has 3 fully saturated rings. The van der Waals surface area contributed by atoms with Gasteiger partial charge in [0.1, 0.15) is 11.3 Å². The van der Waals surface area contributed by atoms with Gasteiger partial charge in [-0.2, -0.15) is 10.2 Å². The number of azo groups is 1. The Bertz CT molecular complexity index is 2040. The molecule has 12 heteroatoms. The van der Waals surface area contributed by atoms with E-state index in [-0.39, 0.29) is 41.3 Å². The molecule has 55 heavy (non-hydrogen) atoms. The average Bonchev–Trinajstić information content (AvgIpc) is 3.62. The van der Waals surface area contributed by atoms with Crippen LogP contribution >= 0.6 is 0 Å². The van der Waals surface area contributed by atoms with E-state index in [4.69, 9.17) is 23.7 Å². The number of ketones is 2. The summed E-state index contributed by atoms with van der Waals surface area (Å²) in [6.07, 6.45) is 7.09. The third-order valence-electron chi connectivity index (χ3n) is 13.0. The van der Waals surface area contributed by atoms with Crippen LogP contribution in [0.4, 0.5) is 11.4 Å². The molecule has 2 aromatic carbocycles. The first-order chi connectivity index (χ1) is 26.2. The Morgan fingerprint density at radius 2 is 1.84 bits per heavy atom. The van der Waals surface area contributed by atoms with Crippen LogP contribution in [0.5, 0.6) is 5.75 Å². The van der Waals surface area contributed by atoms with Gasteiger partial charge in [-0.3, -0.25) is 14.4 Å². The molecule has 9 atom stereocenters. The fourth-order valence-electron chi connectivity index (χ4n) is 10.6. The highest BCUT2D eigenvalue weighted by molar-refractivity contribution is 5.95. The minimum atomic E-state index is -1.40. The third-order valence-corrected chi connectivity index (χ3v) is 13.0. The summed E-state index contributed by atoms with van der Waals surface area (Å²) in [5.41, 5.74) is 0.00121. The molecule has 0 spiro atoms. The van der Waals surface area contributed by atoms with E-state index in [1.165, 1.54) is 6.07 Å². The lowest BCUT2D eigenvalue weighted by Gasteiger charge is -2.59. The van der Waals surface area contributed by atoms with Gasteiger partial charge in [-0.05, 0) is 73.4 Å². The lowest BCUT2D eigenvalue weighted by molar-refractivity contribution is -0.199. The van der Waals surface area contributed by atoms with Crippen molar-refractivity contribution in [3.8, 4) is 5.75 Å². The SMILES string of the molecule is CCCC1OC2CC3C4CC=C5CC(=O)C=CC5(C)C4C(O)CC3(C)[C@]2(C(=O)COC(=O)Cc2ccccc2N=Nc2ccc3c(c2)C(=O)OC(C)(C)O3)O1. The predicted molar refractivity (Wildman–Crippen MR) is 198 cm³/mol. The number of ether oxygens (including phenoxy) is 5. The second-order valence-electron chi connectivity index (χ2n) is 16.8. The van der Waals surface area contributed by atoms with Crippen molar-refractivity contribution in [1.82, 2.24) is 0 Å². The second kappa shape index (κ2) is 13.6. The van der Waals surface area contributed by atoms with Crippen molar-refractivity contribution in [3.05, 3.63) is 77.4 Å². The molecule has 0 aromatic heterocycles. The van der Waals surface area contributed by atoms with Crippen molar-refractivity contribution in [3.63, 3.8) is 0 Å². The molecule has 2 saturated carbocycles. The van der Waals surface area contributed by atoms with Gasteiger partial charge in [0.15, 0.2) is 24.3 Å². The van der Waals surface area contributed by atoms with E-state index in [1.54, 1.807) is 56.3 Å². The maximum absolute atomic E-state index is 14.6. The molecule has 0 radical (unpaired) electrons. The molecule has 0 bridgehead atoms. The summed E-state index contributed by atoms with van der Waals surface area (Å²) < 4.78 is 30.0. The molecule has 1 saturated heterocycles. The molecule has 4 aliphatic carbocycles. The molecule has 2 aliphatic heterocycles. The summed E-state index contributed by atoms with van der Waals surface area (Å²) >= 11 is 0. The van der Waals surface area contributed by atoms with E-state index in [0.29, 0.717) is 54.8 Å². The average molecular weight is 753 g/mol. The highest BCUT2D eigenvalue weighted by Gasteiger charge is 2.75. The number of aliphatic hydroxyl groups excluding tert-OH is 1. The summed E-state index contributed by atoms with van der Waals surface area (Å²) in [7, 11) is 0. The standard InChI is InChI=1S/C43H48N2O10/c1-6-9-37-52-35-21-30-28-14-12-25-19-27(46)16-17-41(25,4)38(28)32(47)22-42(30,5)43(35,54-37)34(48)23-51-36(49)18-24-10-7-8-11-31(24)45-44-26-13-15-33-29(20-26)39(50)55-40(2,3)53-33/h7-8,10-13,15-17,20,28,30,32,35,37-38,47H,6,9,14,18-19,21-23H2,1-5H3/t28?,30?,32?,35?,37?,38?,41?,42?,43-/m1/s1. The number of Topliss-reactive ketones (excluding diaryl/α,β-unsaturated/α-hetero) is 1. The number of hydrogen-bond acceptors (Lipinski definition) is 12. The number of esters is 2. The Hall–Kier alpha value is -4.52. The van der Waals surface area contributed by atoms with Gasteiger partial charge in [0.05, 0.1) is 30.0 Å². The fourth-order valence-corrected chi connectivity index (χ4v) is 10.6. The van der Waals surface area contributed by atoms with Gasteiger partial charge in [-0.25, -0.2) is 4.79 Å². The number of hydrogen-bond donors (Lipinski definition) is 1. The molecule has 2 heterocycles. The number of nitrogens with zero attached hydrogens (tertiary/aromatic N) is 2. The number of fused-ring (bicyclic) bond motifs is 8. The fraction of sp³-hybridized carbons (Fsp3) is 0.535. The maximum atomic E-state index is 14.6. The minimum absolute atomic E-state index is 0.00819. The van der Waals surface area contributed by atoms with Crippen LogP contribution in [0.1, 0.15) is 89.1 Å². The minimum Gasteiger partial charge on any atom is -0.457 e. The van der Waals surface area contributed by atoms with Crippen LogP contribution in [0.3, 0.4) is 0 Å². The Morgan fingerprint density at radius 1 is 1.04 bits per heavy atom. The smallest absolute Gasteiger partial charge is 0.345 e. The summed E-state index contributed by atoms with van der Waals surface area (Å²) in [6, 6.07) is 11.8. The number of cyclic esters (lactones) is 1. The molecule has 8 unspecified atom stereocenters. The third kappa shape index (κ3) is 6.17. The van der Waals surface area contributed by atoms with Gasteiger partial charge >= 0.3 is 11.9 Å². The van der Waals surface area contributed by atoms with Crippen molar-refractivity contribution >= 4 is 34.9 Å². The van der Waals surface area contributed by atoms with Crippen molar-refractivity contribution in [2.45, 2.75) is 109 Å². The monoisotopic (exact) mass is 752 g/mol. The second-order valence-corrected chi connectivity index (χ2v) is 16.8. The van der Waals surface area contributed by atoms with Crippen molar-refractivity contribution in [2.24, 2.45) is 38.8 Å². The van der Waals surface area contributed by atoms with E-state index < -0.39 is 59.3 Å². The maximum Gasteiger partial charge on any atom is 0.345 e. The molecule has 6 aliphatic rings. The zero-order valence-corrected chi connectivity index (χ0v) is 31.9. The number of aliphatic hydroxyl groups is 1. The number of allylic oxidation sites excluding steroid dienone is 4. The van der Waals surface area contributed by atoms with Crippen LogP contribution in [0, 0.1) is 28.6 Å². The van der Waals surface area contributed by atoms with Gasteiger partial charge in [0.25, 0.3) is 0 Å². The lowest BCUT2D eigenvalue weighted by Crippen LogP contribution is -2.63. The normalized spacial score (nSPS) is 35.4. The van der Waals surface area contributed by atoms with Crippen molar-refractivity contribution < 1.29 is 48.0 Å². The van der Waals surface area contributed by atoms with E-state index in [0.717, 1.165) is 12.0 Å². The highest BCUT2D eigenvalue weighted by Crippen LogP contribution is 2.69. The van der Waals surface area contributed by atoms with Crippen LogP contribution in [-0.2, 0) is 39.8 Å². The summed E-state index contributed by atoms with van der Waals surface area (Å²) in [5.74, 6) is -2.22. The van der Waals surface area contributed by atoms with E-state index >= 15 is 0 Å². The van der Waals surface area contributed by atoms with Gasteiger partial charge < -0.3 is 28.8 Å². The van der Waals surface area contributed by atoms with Crippen molar-refractivity contribution in [1.29, 1.82) is 0 Å².